The van der Waals surface area contributed by atoms with Crippen LogP contribution in [0.2, 0.25) is 0 Å². The molecule has 0 spiro atoms. The molecule has 0 aliphatic carbocycles. The van der Waals surface area contributed by atoms with Crippen molar-refractivity contribution >= 4 is 0 Å². The van der Waals surface area contributed by atoms with Gasteiger partial charge >= 0.3 is 0 Å². The van der Waals surface area contributed by atoms with Crippen LogP contribution in [-0.2, 0) is 16.0 Å². The topological polar surface area (TPSA) is 54.0 Å². The van der Waals surface area contributed by atoms with Crippen LogP contribution in [0.15, 0.2) is 30.3 Å². The molecule has 24 heavy (non-hydrogen) atoms. The maximum atomic E-state index is 8.97. The number of aliphatic hydroxyl groups excluding tert-OH is 1. The maximum absolute atomic E-state index is 8.97. The van der Waals surface area contributed by atoms with Gasteiger partial charge < -0.3 is 19.9 Å². The Morgan fingerprint density at radius 2 is 1.96 bits per heavy atom. The second-order valence-corrected chi connectivity index (χ2v) is 6.81. The molecule has 134 valence electrons. The van der Waals surface area contributed by atoms with E-state index in [1.165, 1.54) is 5.56 Å². The third-order valence-electron chi connectivity index (χ3n) is 5.00. The largest absolute Gasteiger partial charge is 0.394 e. The lowest BCUT2D eigenvalue weighted by atomic mass is 10.00. The Balaban J connectivity index is 1.42. The predicted molar refractivity (Wildman–Crippen MR) is 93.9 cm³/mol. The first-order chi connectivity index (χ1) is 11.8. The third kappa shape index (κ3) is 5.26. The van der Waals surface area contributed by atoms with E-state index in [-0.39, 0.29) is 18.8 Å². The van der Waals surface area contributed by atoms with Gasteiger partial charge in [-0.05, 0) is 37.9 Å². The number of nitrogens with zero attached hydrogens (tertiary/aromatic N) is 1. The molecule has 2 aliphatic heterocycles. The fraction of sp³-hybridized carbons (Fsp3) is 0.684. The van der Waals surface area contributed by atoms with E-state index in [0.717, 1.165) is 45.5 Å². The number of aliphatic hydroxyl groups is 1. The van der Waals surface area contributed by atoms with Crippen molar-refractivity contribution in [2.75, 3.05) is 39.5 Å². The van der Waals surface area contributed by atoms with Gasteiger partial charge in [-0.3, -0.25) is 4.90 Å². The molecule has 2 fully saturated rings. The third-order valence-corrected chi connectivity index (χ3v) is 5.00. The smallest absolute Gasteiger partial charge is 0.0773 e. The van der Waals surface area contributed by atoms with Crippen LogP contribution in [0.25, 0.3) is 0 Å². The fourth-order valence-electron chi connectivity index (χ4n) is 3.68. The molecule has 1 aromatic rings. The van der Waals surface area contributed by atoms with Crippen molar-refractivity contribution < 1.29 is 14.6 Å². The molecular formula is C19H30N2O3. The second-order valence-electron chi connectivity index (χ2n) is 6.81. The van der Waals surface area contributed by atoms with E-state index in [2.05, 4.69) is 40.5 Å². The Bertz CT molecular complexity index is 463. The average molecular weight is 334 g/mol. The molecule has 3 rings (SSSR count). The molecule has 2 heterocycles. The van der Waals surface area contributed by atoms with E-state index in [1.54, 1.807) is 0 Å². The Hall–Kier alpha value is -0.980. The van der Waals surface area contributed by atoms with Gasteiger partial charge in [-0.25, -0.2) is 0 Å². The van der Waals surface area contributed by atoms with Crippen molar-refractivity contribution in [2.24, 2.45) is 0 Å². The van der Waals surface area contributed by atoms with E-state index in [9.17, 15) is 0 Å². The zero-order chi connectivity index (χ0) is 16.6. The molecule has 0 aromatic heterocycles. The highest BCUT2D eigenvalue weighted by Crippen LogP contribution is 2.18. The first kappa shape index (κ1) is 17.8. The molecule has 2 aliphatic rings. The van der Waals surface area contributed by atoms with Crippen molar-refractivity contribution in [1.29, 1.82) is 0 Å². The highest BCUT2D eigenvalue weighted by Gasteiger charge is 2.29. The number of nitrogens with one attached hydrogen (secondary N) is 1. The van der Waals surface area contributed by atoms with Crippen LogP contribution in [0, 0.1) is 0 Å². The van der Waals surface area contributed by atoms with Crippen molar-refractivity contribution in [3.8, 4) is 0 Å². The highest BCUT2D eigenvalue weighted by molar-refractivity contribution is 5.14. The number of ether oxygens (including phenoxy) is 2. The lowest BCUT2D eigenvalue weighted by molar-refractivity contribution is -0.0672. The minimum absolute atomic E-state index is 0.0853. The van der Waals surface area contributed by atoms with Gasteiger partial charge in [-0.1, -0.05) is 30.3 Å². The molecule has 0 radical (unpaired) electrons. The summed E-state index contributed by atoms with van der Waals surface area (Å²) in [5, 5.41) is 12.7. The molecule has 0 amide bonds. The van der Waals surface area contributed by atoms with Gasteiger partial charge in [0.25, 0.3) is 0 Å². The Morgan fingerprint density at radius 1 is 1.17 bits per heavy atom. The summed E-state index contributed by atoms with van der Waals surface area (Å²) in [5.41, 5.74) is 1.39. The monoisotopic (exact) mass is 334 g/mol. The summed E-state index contributed by atoms with van der Waals surface area (Å²) >= 11 is 0. The van der Waals surface area contributed by atoms with Crippen LogP contribution in [0.3, 0.4) is 0 Å². The molecule has 2 atom stereocenters. The van der Waals surface area contributed by atoms with Crippen LogP contribution in [0.4, 0.5) is 0 Å². The quantitative estimate of drug-likeness (QED) is 0.790. The lowest BCUT2D eigenvalue weighted by Gasteiger charge is -2.38. The molecule has 5 nitrogen and oxygen atoms in total. The molecule has 2 saturated heterocycles. The molecule has 0 bridgehead atoms. The Morgan fingerprint density at radius 3 is 2.71 bits per heavy atom. The van der Waals surface area contributed by atoms with Crippen molar-refractivity contribution in [3.05, 3.63) is 35.9 Å². The van der Waals surface area contributed by atoms with E-state index in [0.29, 0.717) is 19.3 Å². The van der Waals surface area contributed by atoms with Crippen LogP contribution in [-0.4, -0.2) is 67.7 Å². The van der Waals surface area contributed by atoms with Gasteiger partial charge in [0.15, 0.2) is 0 Å². The Labute approximate surface area is 144 Å². The van der Waals surface area contributed by atoms with Crippen molar-refractivity contribution in [2.45, 2.75) is 44.0 Å². The van der Waals surface area contributed by atoms with Gasteiger partial charge in [0, 0.05) is 19.2 Å². The number of benzene rings is 1. The summed E-state index contributed by atoms with van der Waals surface area (Å²) < 4.78 is 11.4. The van der Waals surface area contributed by atoms with Gasteiger partial charge in [-0.15, -0.1) is 0 Å². The van der Waals surface area contributed by atoms with E-state index in [4.69, 9.17) is 14.6 Å². The standard InChI is InChI=1S/C19H30N2O3/c22-11-13-24-19-8-12-23-15-18(19)20-17-6-9-21(10-7-17)14-16-4-2-1-3-5-16/h1-5,17-20,22H,6-15H2/t18-,19+/m1/s1. The van der Waals surface area contributed by atoms with E-state index < -0.39 is 0 Å². The van der Waals surface area contributed by atoms with Crippen LogP contribution >= 0.6 is 0 Å². The first-order valence-corrected chi connectivity index (χ1v) is 9.17. The molecule has 1 aromatic carbocycles. The van der Waals surface area contributed by atoms with Crippen molar-refractivity contribution in [3.63, 3.8) is 0 Å². The zero-order valence-corrected chi connectivity index (χ0v) is 14.4. The summed E-state index contributed by atoms with van der Waals surface area (Å²) in [4.78, 5) is 2.53. The Kier molecular flexibility index (Phi) is 7.05. The normalized spacial score (nSPS) is 26.5. The van der Waals surface area contributed by atoms with E-state index in [1.807, 2.05) is 0 Å². The minimum atomic E-state index is 0.0853. The number of hydrogen-bond acceptors (Lipinski definition) is 5. The molecular weight excluding hydrogens is 304 g/mol. The summed E-state index contributed by atoms with van der Waals surface area (Å²) in [5.74, 6) is 0. The number of likely N-dealkylation sites (tertiary alicyclic amines) is 1. The molecule has 0 unspecified atom stereocenters. The molecule has 2 N–H and O–H groups in total. The first-order valence-electron chi connectivity index (χ1n) is 9.17. The summed E-state index contributed by atoms with van der Waals surface area (Å²) in [7, 11) is 0. The zero-order valence-electron chi connectivity index (χ0n) is 14.4. The summed E-state index contributed by atoms with van der Waals surface area (Å²) in [6, 6.07) is 11.5. The highest BCUT2D eigenvalue weighted by atomic mass is 16.5. The number of hydrogen-bond donors (Lipinski definition) is 2. The van der Waals surface area contributed by atoms with Gasteiger partial charge in [0.1, 0.15) is 0 Å². The number of piperidine rings is 1. The second kappa shape index (κ2) is 9.49. The van der Waals surface area contributed by atoms with E-state index >= 15 is 0 Å². The predicted octanol–water partition coefficient (Wildman–Crippen LogP) is 1.41. The summed E-state index contributed by atoms with van der Waals surface area (Å²) in [6.07, 6.45) is 3.39. The maximum Gasteiger partial charge on any atom is 0.0773 e. The van der Waals surface area contributed by atoms with Crippen LogP contribution in [0.1, 0.15) is 24.8 Å². The average Bonchev–Trinajstić information content (AvgIpc) is 2.63. The molecule has 5 heteroatoms. The number of rotatable bonds is 7. The summed E-state index contributed by atoms with van der Waals surface area (Å²) in [6.45, 7) is 5.26. The van der Waals surface area contributed by atoms with Gasteiger partial charge in [0.05, 0.1) is 32.0 Å². The van der Waals surface area contributed by atoms with Gasteiger partial charge in [0.2, 0.25) is 0 Å². The lowest BCUT2D eigenvalue weighted by Crippen LogP contribution is -2.54. The molecule has 0 saturated carbocycles. The van der Waals surface area contributed by atoms with Crippen molar-refractivity contribution in [1.82, 2.24) is 10.2 Å². The van der Waals surface area contributed by atoms with Crippen LogP contribution < -0.4 is 5.32 Å². The van der Waals surface area contributed by atoms with Crippen LogP contribution in [0.5, 0.6) is 0 Å². The fourth-order valence-corrected chi connectivity index (χ4v) is 3.68. The van der Waals surface area contributed by atoms with Gasteiger partial charge in [-0.2, -0.15) is 0 Å². The SMILES string of the molecule is OCCO[C@H]1CCOC[C@H]1NC1CCN(Cc2ccccc2)CC1. The minimum Gasteiger partial charge on any atom is -0.394 e.